The lowest BCUT2D eigenvalue weighted by molar-refractivity contribution is -0.144. The van der Waals surface area contributed by atoms with Gasteiger partial charge >= 0.3 is 6.09 Å². The van der Waals surface area contributed by atoms with Gasteiger partial charge in [0.1, 0.15) is 17.7 Å². The molecule has 1 fully saturated rings. The Morgan fingerprint density at radius 1 is 1.05 bits per heavy atom. The third kappa shape index (κ3) is 9.72. The minimum Gasteiger partial charge on any atom is -0.444 e. The van der Waals surface area contributed by atoms with Crippen LogP contribution >= 0.6 is 0 Å². The summed E-state index contributed by atoms with van der Waals surface area (Å²) >= 11 is 0. The van der Waals surface area contributed by atoms with Gasteiger partial charge in [0, 0.05) is 19.0 Å². The highest BCUT2D eigenvalue weighted by molar-refractivity contribution is 6.38. The largest absolute Gasteiger partial charge is 0.444 e. The highest BCUT2D eigenvalue weighted by atomic mass is 16.6. The number of alkyl carbamates (subject to hydrolysis) is 1. The summed E-state index contributed by atoms with van der Waals surface area (Å²) in [4.78, 5) is 67.2. The number of hydrogen-bond donors (Lipinski definition) is 3. The van der Waals surface area contributed by atoms with Crippen LogP contribution in [-0.4, -0.2) is 71.3 Å². The zero-order valence-electron chi connectivity index (χ0n) is 25.4. The number of Topliss-reactive ketones (excluding diaryl/α,β-unsaturated/α-hetero) is 1. The van der Waals surface area contributed by atoms with Crippen molar-refractivity contribution in [1.82, 2.24) is 20.9 Å². The average molecular weight is 571 g/mol. The molecule has 226 valence electrons. The van der Waals surface area contributed by atoms with Crippen LogP contribution in [-0.2, 0) is 23.9 Å². The standard InChI is InChI=1S/C31H46N4O6/c1-9-14-22(24(36)27(38)32-17-10-2)33-26(37)23-18-21(20-15-12-11-13-16-20)19-35(23)28(39)25(30(3,4)5)34-29(40)41-31(6,7)8/h10-13,15-16,21-23,25H,2,9,14,17-19H2,1,3-8H3,(H,32,38)(H,33,37)(H,34,40)/t21?,22?,23?,25-/m1/s1. The van der Waals surface area contributed by atoms with E-state index >= 15 is 0 Å². The molecule has 0 radical (unpaired) electrons. The van der Waals surface area contributed by atoms with Gasteiger partial charge in [0.2, 0.25) is 17.6 Å². The summed E-state index contributed by atoms with van der Waals surface area (Å²) in [5.74, 6) is -2.65. The highest BCUT2D eigenvalue weighted by Crippen LogP contribution is 2.34. The predicted molar refractivity (Wildman–Crippen MR) is 157 cm³/mol. The van der Waals surface area contributed by atoms with Gasteiger partial charge in [-0.05, 0) is 44.6 Å². The number of ether oxygens (including phenoxy) is 1. The first-order valence-electron chi connectivity index (χ1n) is 14.2. The van der Waals surface area contributed by atoms with Crippen molar-refractivity contribution in [1.29, 1.82) is 0 Å². The maximum absolute atomic E-state index is 14.1. The van der Waals surface area contributed by atoms with Crippen LogP contribution in [0.25, 0.3) is 0 Å². The van der Waals surface area contributed by atoms with Crippen LogP contribution in [0.3, 0.4) is 0 Å². The van der Waals surface area contributed by atoms with Gasteiger partial charge in [-0.25, -0.2) is 4.79 Å². The number of likely N-dealkylation sites (tertiary alicyclic amines) is 1. The van der Waals surface area contributed by atoms with Crippen LogP contribution in [0.1, 0.15) is 79.2 Å². The number of hydrogen-bond acceptors (Lipinski definition) is 6. The molecular weight excluding hydrogens is 524 g/mol. The second-order valence-corrected chi connectivity index (χ2v) is 12.5. The van der Waals surface area contributed by atoms with Crippen LogP contribution in [0, 0.1) is 5.41 Å². The summed E-state index contributed by atoms with van der Waals surface area (Å²) in [5, 5.41) is 7.92. The van der Waals surface area contributed by atoms with E-state index in [1.54, 1.807) is 20.8 Å². The van der Waals surface area contributed by atoms with Gasteiger partial charge in [0.25, 0.3) is 5.91 Å². The zero-order valence-corrected chi connectivity index (χ0v) is 25.4. The first-order chi connectivity index (χ1) is 19.1. The van der Waals surface area contributed by atoms with Crippen molar-refractivity contribution < 1.29 is 28.7 Å². The SMILES string of the molecule is C=CCNC(=O)C(=O)C(CCC)NC(=O)C1CC(c2ccccc2)CN1C(=O)[C@@H](NC(=O)OC(C)(C)C)C(C)(C)C. The number of carbonyl (C=O) groups is 5. The molecule has 1 aromatic rings. The molecule has 41 heavy (non-hydrogen) atoms. The summed E-state index contributed by atoms with van der Waals surface area (Å²) in [6.07, 6.45) is 1.86. The van der Waals surface area contributed by atoms with Gasteiger partial charge in [-0.1, -0.05) is 70.5 Å². The number of benzene rings is 1. The first kappa shape index (κ1) is 33.5. The molecule has 1 saturated heterocycles. The van der Waals surface area contributed by atoms with Gasteiger partial charge in [-0.3, -0.25) is 19.2 Å². The van der Waals surface area contributed by atoms with Crippen molar-refractivity contribution in [3.8, 4) is 0 Å². The third-order valence-corrected chi connectivity index (χ3v) is 6.77. The summed E-state index contributed by atoms with van der Waals surface area (Å²) in [5.41, 5.74) is -0.495. The zero-order chi connectivity index (χ0) is 31.0. The van der Waals surface area contributed by atoms with E-state index in [2.05, 4.69) is 22.5 Å². The molecule has 3 N–H and O–H groups in total. The second-order valence-electron chi connectivity index (χ2n) is 12.5. The third-order valence-electron chi connectivity index (χ3n) is 6.77. The molecule has 0 aliphatic carbocycles. The summed E-state index contributed by atoms with van der Waals surface area (Å²) in [7, 11) is 0. The number of nitrogens with one attached hydrogen (secondary N) is 3. The van der Waals surface area contributed by atoms with E-state index in [-0.39, 0.29) is 25.4 Å². The molecule has 0 aromatic heterocycles. The Kier molecular flexibility index (Phi) is 11.7. The van der Waals surface area contributed by atoms with Crippen molar-refractivity contribution in [2.24, 2.45) is 5.41 Å². The molecule has 0 spiro atoms. The molecular formula is C31H46N4O6. The topological polar surface area (TPSA) is 134 Å². The molecule has 10 nitrogen and oxygen atoms in total. The average Bonchev–Trinajstić information content (AvgIpc) is 3.34. The Morgan fingerprint density at radius 2 is 1.68 bits per heavy atom. The predicted octanol–water partition coefficient (Wildman–Crippen LogP) is 3.47. The number of carbonyl (C=O) groups excluding carboxylic acids is 5. The van der Waals surface area contributed by atoms with E-state index < -0.39 is 58.7 Å². The van der Waals surface area contributed by atoms with Crippen LogP contribution in [0.15, 0.2) is 43.0 Å². The molecule has 10 heteroatoms. The highest BCUT2D eigenvalue weighted by Gasteiger charge is 2.46. The fraction of sp³-hybridized carbons (Fsp3) is 0.581. The van der Waals surface area contributed by atoms with E-state index in [1.807, 2.05) is 58.0 Å². The monoisotopic (exact) mass is 570 g/mol. The smallest absolute Gasteiger partial charge is 0.408 e. The first-order valence-corrected chi connectivity index (χ1v) is 14.2. The van der Waals surface area contributed by atoms with E-state index in [0.717, 1.165) is 5.56 Å². The lowest BCUT2D eigenvalue weighted by Crippen LogP contribution is -2.59. The molecule has 3 unspecified atom stereocenters. The van der Waals surface area contributed by atoms with E-state index in [0.29, 0.717) is 12.8 Å². The maximum Gasteiger partial charge on any atom is 0.408 e. The maximum atomic E-state index is 14.1. The Bertz CT molecular complexity index is 1110. The Labute approximate surface area is 243 Å². The fourth-order valence-corrected chi connectivity index (χ4v) is 4.77. The molecule has 4 atom stereocenters. The van der Waals surface area contributed by atoms with Crippen molar-refractivity contribution in [3.63, 3.8) is 0 Å². The summed E-state index contributed by atoms with van der Waals surface area (Å²) in [6.45, 7) is 16.4. The van der Waals surface area contributed by atoms with Crippen molar-refractivity contribution in [3.05, 3.63) is 48.6 Å². The van der Waals surface area contributed by atoms with Crippen molar-refractivity contribution >= 4 is 29.6 Å². The van der Waals surface area contributed by atoms with Gasteiger partial charge in [-0.15, -0.1) is 6.58 Å². The Hall–Kier alpha value is -3.69. The van der Waals surface area contributed by atoms with Gasteiger partial charge in [-0.2, -0.15) is 0 Å². The summed E-state index contributed by atoms with van der Waals surface area (Å²) < 4.78 is 5.42. The lowest BCUT2D eigenvalue weighted by Gasteiger charge is -2.36. The van der Waals surface area contributed by atoms with E-state index in [1.165, 1.54) is 11.0 Å². The van der Waals surface area contributed by atoms with Crippen LogP contribution in [0.5, 0.6) is 0 Å². The Morgan fingerprint density at radius 3 is 2.22 bits per heavy atom. The molecule has 1 aliphatic rings. The molecule has 1 aromatic carbocycles. The number of rotatable bonds is 11. The lowest BCUT2D eigenvalue weighted by atomic mass is 9.85. The second kappa shape index (κ2) is 14.3. The van der Waals surface area contributed by atoms with Crippen LogP contribution in [0.4, 0.5) is 4.79 Å². The van der Waals surface area contributed by atoms with E-state index in [4.69, 9.17) is 4.74 Å². The molecule has 4 amide bonds. The molecule has 2 rings (SSSR count). The van der Waals surface area contributed by atoms with E-state index in [9.17, 15) is 24.0 Å². The number of nitrogens with zero attached hydrogens (tertiary/aromatic N) is 1. The molecule has 0 saturated carbocycles. The van der Waals surface area contributed by atoms with Gasteiger partial charge in [0.15, 0.2) is 0 Å². The van der Waals surface area contributed by atoms with Crippen molar-refractivity contribution in [2.45, 2.75) is 97.4 Å². The molecule has 1 aliphatic heterocycles. The molecule has 0 bridgehead atoms. The Balaban J connectivity index is 2.39. The fourth-order valence-electron chi connectivity index (χ4n) is 4.77. The van der Waals surface area contributed by atoms with Gasteiger partial charge in [0.05, 0.1) is 6.04 Å². The van der Waals surface area contributed by atoms with Gasteiger partial charge < -0.3 is 25.6 Å². The minimum absolute atomic E-state index is 0.125. The number of amides is 4. The quantitative estimate of drug-likeness (QED) is 0.276. The van der Waals surface area contributed by atoms with Crippen LogP contribution < -0.4 is 16.0 Å². The summed E-state index contributed by atoms with van der Waals surface area (Å²) in [6, 6.07) is 6.64. The molecule has 1 heterocycles. The normalized spacial score (nSPS) is 18.6. The van der Waals surface area contributed by atoms with Crippen LogP contribution in [0.2, 0.25) is 0 Å². The number of ketones is 1. The minimum atomic E-state index is -1.04. The van der Waals surface area contributed by atoms with Crippen molar-refractivity contribution in [2.75, 3.05) is 13.1 Å².